The van der Waals surface area contributed by atoms with Crippen LogP contribution in [0.15, 0.2) is 42.7 Å². The maximum absolute atomic E-state index is 12.6. The number of carbonyl (C=O) groups excluding carboxylic acids is 2. The second kappa shape index (κ2) is 10.6. The lowest BCUT2D eigenvalue weighted by Gasteiger charge is -2.32. The maximum Gasteiger partial charge on any atom is 0.252 e. The number of pyridine rings is 1. The Hall–Kier alpha value is -3.09. The minimum Gasteiger partial charge on any atom is -0.493 e. The highest BCUT2D eigenvalue weighted by atomic mass is 16.5. The van der Waals surface area contributed by atoms with E-state index in [1.807, 2.05) is 23.1 Å². The molecule has 2 amide bonds. The third-order valence-corrected chi connectivity index (χ3v) is 5.52. The number of methoxy groups -OCH3 is 2. The minimum absolute atomic E-state index is 0.100. The molecule has 1 aromatic heterocycles. The van der Waals surface area contributed by atoms with Crippen molar-refractivity contribution in [1.29, 1.82) is 0 Å². The van der Waals surface area contributed by atoms with Gasteiger partial charge < -0.3 is 19.7 Å². The standard InChI is InChI=1S/C23H29N3O4/c1-29-20-7-5-17(14-21(20)30-2)6-8-22(27)26-12-9-18(10-13-26)15-25-23(28)19-4-3-11-24-16-19/h3-5,7,11,14,16,18H,6,8-10,12-13,15H2,1-2H3,(H,25,28). The zero-order valence-corrected chi connectivity index (χ0v) is 17.6. The summed E-state index contributed by atoms with van der Waals surface area (Å²) < 4.78 is 10.6. The number of hydrogen-bond donors (Lipinski definition) is 1. The van der Waals surface area contributed by atoms with Crippen LogP contribution >= 0.6 is 0 Å². The van der Waals surface area contributed by atoms with Crippen LogP contribution in [0, 0.1) is 5.92 Å². The highest BCUT2D eigenvalue weighted by molar-refractivity contribution is 5.93. The zero-order chi connectivity index (χ0) is 21.3. The molecule has 1 aliphatic rings. The van der Waals surface area contributed by atoms with E-state index in [4.69, 9.17) is 9.47 Å². The Morgan fingerprint density at radius 2 is 1.90 bits per heavy atom. The van der Waals surface area contributed by atoms with Crippen LogP contribution in [0.3, 0.4) is 0 Å². The van der Waals surface area contributed by atoms with Crippen LogP contribution in [0.4, 0.5) is 0 Å². The number of benzene rings is 1. The SMILES string of the molecule is COc1ccc(CCC(=O)N2CCC(CNC(=O)c3cccnc3)CC2)cc1OC. The summed E-state index contributed by atoms with van der Waals surface area (Å²) in [5.74, 6) is 1.82. The fraction of sp³-hybridized carbons (Fsp3) is 0.435. The van der Waals surface area contributed by atoms with Crippen molar-refractivity contribution >= 4 is 11.8 Å². The Morgan fingerprint density at radius 1 is 1.13 bits per heavy atom. The number of ether oxygens (including phenoxy) is 2. The van der Waals surface area contributed by atoms with E-state index in [-0.39, 0.29) is 11.8 Å². The number of nitrogens with one attached hydrogen (secondary N) is 1. The number of amides is 2. The van der Waals surface area contributed by atoms with Gasteiger partial charge in [-0.15, -0.1) is 0 Å². The first-order valence-corrected chi connectivity index (χ1v) is 10.3. The first kappa shape index (κ1) is 21.6. The number of rotatable bonds is 8. The Morgan fingerprint density at radius 3 is 2.57 bits per heavy atom. The fourth-order valence-corrected chi connectivity index (χ4v) is 3.67. The largest absolute Gasteiger partial charge is 0.493 e. The predicted octanol–water partition coefficient (Wildman–Crippen LogP) is 2.70. The van der Waals surface area contributed by atoms with Gasteiger partial charge in [0.15, 0.2) is 11.5 Å². The van der Waals surface area contributed by atoms with E-state index in [1.54, 1.807) is 38.7 Å². The van der Waals surface area contributed by atoms with Crippen molar-refractivity contribution in [2.24, 2.45) is 5.92 Å². The lowest BCUT2D eigenvalue weighted by Crippen LogP contribution is -2.41. The third kappa shape index (κ3) is 5.72. The highest BCUT2D eigenvalue weighted by Gasteiger charge is 2.23. The molecule has 1 aromatic carbocycles. The Balaban J connectivity index is 1.40. The number of piperidine rings is 1. The van der Waals surface area contributed by atoms with E-state index < -0.39 is 0 Å². The molecule has 7 heteroatoms. The second-order valence-corrected chi connectivity index (χ2v) is 7.47. The van der Waals surface area contributed by atoms with Crippen molar-refractivity contribution in [2.75, 3.05) is 33.9 Å². The summed E-state index contributed by atoms with van der Waals surface area (Å²) in [5.41, 5.74) is 1.62. The van der Waals surface area contributed by atoms with Crippen molar-refractivity contribution in [3.63, 3.8) is 0 Å². The zero-order valence-electron chi connectivity index (χ0n) is 17.6. The predicted molar refractivity (Wildman–Crippen MR) is 114 cm³/mol. The van der Waals surface area contributed by atoms with E-state index in [0.717, 1.165) is 31.5 Å². The summed E-state index contributed by atoms with van der Waals surface area (Å²) >= 11 is 0. The van der Waals surface area contributed by atoms with Crippen LogP contribution < -0.4 is 14.8 Å². The molecule has 1 aliphatic heterocycles. The van der Waals surface area contributed by atoms with E-state index in [1.165, 1.54) is 0 Å². The van der Waals surface area contributed by atoms with Crippen molar-refractivity contribution in [3.05, 3.63) is 53.9 Å². The van der Waals surface area contributed by atoms with Gasteiger partial charge >= 0.3 is 0 Å². The monoisotopic (exact) mass is 411 g/mol. The average molecular weight is 412 g/mol. The number of hydrogen-bond acceptors (Lipinski definition) is 5. The molecule has 0 spiro atoms. The molecule has 160 valence electrons. The van der Waals surface area contributed by atoms with Crippen LogP contribution in [0.5, 0.6) is 11.5 Å². The number of aryl methyl sites for hydroxylation is 1. The smallest absolute Gasteiger partial charge is 0.252 e. The molecule has 2 heterocycles. The first-order chi connectivity index (χ1) is 14.6. The summed E-state index contributed by atoms with van der Waals surface area (Å²) in [6, 6.07) is 9.25. The van der Waals surface area contributed by atoms with Crippen LogP contribution in [-0.4, -0.2) is 55.6 Å². The molecular formula is C23H29N3O4. The van der Waals surface area contributed by atoms with Crippen molar-refractivity contribution in [3.8, 4) is 11.5 Å². The average Bonchev–Trinajstić information content (AvgIpc) is 2.81. The van der Waals surface area contributed by atoms with Crippen LogP contribution in [0.2, 0.25) is 0 Å². The topological polar surface area (TPSA) is 80.8 Å². The molecule has 0 atom stereocenters. The summed E-state index contributed by atoms with van der Waals surface area (Å²) in [6.45, 7) is 2.10. The van der Waals surface area contributed by atoms with Gasteiger partial charge in [0.2, 0.25) is 5.91 Å². The van der Waals surface area contributed by atoms with E-state index in [0.29, 0.717) is 42.4 Å². The van der Waals surface area contributed by atoms with Gasteiger partial charge in [-0.3, -0.25) is 14.6 Å². The van der Waals surface area contributed by atoms with E-state index in [9.17, 15) is 9.59 Å². The third-order valence-electron chi connectivity index (χ3n) is 5.52. The van der Waals surface area contributed by atoms with Gasteiger partial charge in [-0.1, -0.05) is 6.07 Å². The number of nitrogens with zero attached hydrogens (tertiary/aromatic N) is 2. The molecule has 0 unspecified atom stereocenters. The van der Waals surface area contributed by atoms with E-state index in [2.05, 4.69) is 10.3 Å². The number of aromatic nitrogens is 1. The Bertz CT molecular complexity index is 849. The van der Waals surface area contributed by atoms with Gasteiger partial charge in [-0.05, 0) is 55.0 Å². The van der Waals surface area contributed by atoms with Gasteiger partial charge in [0, 0.05) is 38.4 Å². The molecule has 0 radical (unpaired) electrons. The van der Waals surface area contributed by atoms with Crippen LogP contribution in [0.25, 0.3) is 0 Å². The van der Waals surface area contributed by atoms with Crippen molar-refractivity contribution in [1.82, 2.24) is 15.2 Å². The lowest BCUT2D eigenvalue weighted by molar-refractivity contribution is -0.132. The van der Waals surface area contributed by atoms with E-state index >= 15 is 0 Å². The molecule has 1 saturated heterocycles. The van der Waals surface area contributed by atoms with Gasteiger partial charge in [-0.25, -0.2) is 0 Å². The first-order valence-electron chi connectivity index (χ1n) is 10.3. The molecule has 2 aromatic rings. The summed E-state index contributed by atoms with van der Waals surface area (Å²) in [4.78, 5) is 30.6. The van der Waals surface area contributed by atoms with Gasteiger partial charge in [0.1, 0.15) is 0 Å². The second-order valence-electron chi connectivity index (χ2n) is 7.47. The number of carbonyl (C=O) groups is 2. The van der Waals surface area contributed by atoms with Gasteiger partial charge in [-0.2, -0.15) is 0 Å². The highest BCUT2D eigenvalue weighted by Crippen LogP contribution is 2.28. The molecule has 7 nitrogen and oxygen atoms in total. The van der Waals surface area contributed by atoms with Crippen molar-refractivity contribution < 1.29 is 19.1 Å². The van der Waals surface area contributed by atoms with Gasteiger partial charge in [0.25, 0.3) is 5.91 Å². The normalized spacial score (nSPS) is 14.3. The molecule has 30 heavy (non-hydrogen) atoms. The summed E-state index contributed by atoms with van der Waals surface area (Å²) in [5, 5.41) is 2.98. The molecule has 0 bridgehead atoms. The maximum atomic E-state index is 12.6. The van der Waals surface area contributed by atoms with Crippen molar-refractivity contribution in [2.45, 2.75) is 25.7 Å². The molecule has 1 N–H and O–H groups in total. The van der Waals surface area contributed by atoms with Crippen LogP contribution in [0.1, 0.15) is 35.2 Å². The number of likely N-dealkylation sites (tertiary alicyclic amines) is 1. The lowest BCUT2D eigenvalue weighted by atomic mass is 9.96. The molecule has 0 saturated carbocycles. The van der Waals surface area contributed by atoms with Gasteiger partial charge in [0.05, 0.1) is 19.8 Å². The quantitative estimate of drug-likeness (QED) is 0.722. The Kier molecular flexibility index (Phi) is 7.65. The summed E-state index contributed by atoms with van der Waals surface area (Å²) in [7, 11) is 3.21. The Labute approximate surface area is 177 Å². The minimum atomic E-state index is -0.100. The summed E-state index contributed by atoms with van der Waals surface area (Å²) in [6.07, 6.45) is 6.15. The fourth-order valence-electron chi connectivity index (χ4n) is 3.67. The molecule has 1 fully saturated rings. The molecule has 3 rings (SSSR count). The molecule has 0 aliphatic carbocycles. The van der Waals surface area contributed by atoms with Crippen LogP contribution in [-0.2, 0) is 11.2 Å². The molecular weight excluding hydrogens is 382 g/mol.